The number of rotatable bonds is 0. The van der Waals surface area contributed by atoms with Crippen LogP contribution in [0.4, 0.5) is 0 Å². The van der Waals surface area contributed by atoms with Gasteiger partial charge in [0.2, 0.25) is 0 Å². The van der Waals surface area contributed by atoms with Gasteiger partial charge in [-0.1, -0.05) is 0 Å². The molecular weight excluding hydrogens is 356 g/mol. The molecule has 0 spiro atoms. The number of nitrogens with zero attached hydrogens (tertiary/aromatic N) is 6. The Morgan fingerprint density at radius 1 is 0.467 bits per heavy atom. The van der Waals surface area contributed by atoms with E-state index in [0.717, 1.165) is 0 Å². The molecule has 0 saturated carbocycles. The van der Waals surface area contributed by atoms with Gasteiger partial charge in [0.1, 0.15) is 0 Å². The number of hydrogen-bond acceptors (Lipinski definition) is 6. The normalized spacial score (nSPS) is 1.27. The molecule has 15 heavy (non-hydrogen) atoms. The van der Waals surface area contributed by atoms with E-state index in [-0.39, 0.29) is 58.2 Å². The second kappa shape index (κ2) is 38300. The summed E-state index contributed by atoms with van der Waals surface area (Å²) < 4.78 is 0. The average molecular weight is 356 g/mol. The van der Waals surface area contributed by atoms with Crippen LogP contribution in [0.2, 0.25) is 0 Å². The third-order valence-corrected chi connectivity index (χ3v) is 0. The van der Waals surface area contributed by atoms with Gasteiger partial charge in [-0.05, 0) is 0 Å². The molecule has 0 aromatic heterocycles. The molecule has 0 aliphatic rings. The standard InChI is InChI=1S/6CN.Fe.Ni.Rb/c6*1-2;;;/q6*-1;;;+1. The zero-order valence-corrected chi connectivity index (χ0v) is 14.4. The molecule has 0 atom stereocenters. The molecule has 0 fully saturated rings. The van der Waals surface area contributed by atoms with Crippen molar-refractivity contribution >= 4 is 0 Å². The summed E-state index contributed by atoms with van der Waals surface area (Å²) in [6.07, 6.45) is 0. The first-order valence-corrected chi connectivity index (χ1v) is 3.24. The minimum Gasteiger partial charge on any atom is 1.00 e. The maximum Gasteiger partial charge on any atom is 1.00 e. The largest absolute Gasteiger partial charge is 1.00 e. The van der Waals surface area contributed by atoms with Crippen LogP contribution in [0.1, 0.15) is 0 Å². The molecule has 9 heteroatoms. The van der Waals surface area contributed by atoms with Gasteiger partial charge in [0.25, 0.3) is 0 Å². The van der Waals surface area contributed by atoms with E-state index in [2.05, 4.69) is 26.9 Å². The van der Waals surface area contributed by atoms with Crippen molar-refractivity contribution in [2.24, 2.45) is 0 Å². The van der Waals surface area contributed by atoms with E-state index in [0.29, 0.717) is 0 Å². The van der Waals surface area contributed by atoms with E-state index >= 15 is 0 Å². The van der Waals surface area contributed by atoms with Gasteiger partial charge in [0, 0.05) is 0 Å². The smallest absolute Gasteiger partial charge is 1.00 e. The molecule has 0 aliphatic heterocycles. The van der Waals surface area contributed by atoms with Gasteiger partial charge in [0.05, 0.1) is 0 Å². The van der Waals surface area contributed by atoms with Gasteiger partial charge in [-0.3, -0.25) is 0 Å². The Balaban J connectivity index is -0.00000000628. The number of hydrogen-bond donors (Lipinski definition) is 0. The SMILES string of the molecule is [C-]#N.[C-]#N.[C-]#N.[C-]#N.[C-]#N.[C-]#N.[Fe]=[Ni].[Rb+]. The van der Waals surface area contributed by atoms with Crippen molar-refractivity contribution in [2.45, 2.75) is 0 Å². The van der Waals surface area contributed by atoms with Crippen LogP contribution in [-0.4, -0.2) is 0 Å². The molecule has 0 radical (unpaired) electrons. The fourth-order valence-electron chi connectivity index (χ4n) is 0. The molecule has 0 unspecified atom stereocenters. The van der Waals surface area contributed by atoms with E-state index < -0.39 is 0 Å². The van der Waals surface area contributed by atoms with Crippen molar-refractivity contribution in [1.29, 1.82) is 31.6 Å². The van der Waals surface area contributed by atoms with E-state index in [1.54, 1.807) is 0 Å². The van der Waals surface area contributed by atoms with Crippen molar-refractivity contribution in [2.75, 3.05) is 0 Å². The molecule has 0 saturated heterocycles. The summed E-state index contributed by atoms with van der Waals surface area (Å²) in [6, 6.07) is 0. The maximum absolute atomic E-state index is 6.25. The molecule has 0 N–H and O–H groups in total. The average Bonchev–Trinajstić information content (AvgIpc) is 2.45. The summed E-state index contributed by atoms with van der Waals surface area (Å²) in [6.45, 7) is 28.5. The Labute approximate surface area is 153 Å². The molecule has 0 aliphatic carbocycles. The summed E-state index contributed by atoms with van der Waals surface area (Å²) in [4.78, 5) is 0. The van der Waals surface area contributed by atoms with Crippen molar-refractivity contribution in [3.05, 3.63) is 39.4 Å². The predicted molar refractivity (Wildman–Crippen MR) is 29.8 cm³/mol. The zero-order chi connectivity index (χ0) is 14.0. The summed E-state index contributed by atoms with van der Waals surface area (Å²) in [5, 5.41) is 37.5. The van der Waals surface area contributed by atoms with Gasteiger partial charge in [-0.2, -0.15) is 0 Å². The second-order valence-corrected chi connectivity index (χ2v) is 0. The zero-order valence-electron chi connectivity index (χ0n) is 7.35. The van der Waals surface area contributed by atoms with Crippen LogP contribution in [0, 0.1) is 71.0 Å². The van der Waals surface area contributed by atoms with Crippen LogP contribution in [0.15, 0.2) is 0 Å². The van der Waals surface area contributed by atoms with Crippen molar-refractivity contribution in [3.8, 4) is 0 Å². The predicted octanol–water partition coefficient (Wildman–Crippen LogP) is -2.42. The van der Waals surface area contributed by atoms with E-state index in [4.69, 9.17) is 71.0 Å². The Hall–Kier alpha value is -0.242. The van der Waals surface area contributed by atoms with Crippen molar-refractivity contribution < 1.29 is 85.1 Å². The van der Waals surface area contributed by atoms with Gasteiger partial charge >= 0.3 is 85.1 Å². The van der Waals surface area contributed by atoms with Crippen LogP contribution >= 0.6 is 0 Å². The van der Waals surface area contributed by atoms with E-state index in [1.807, 2.05) is 0 Å². The maximum atomic E-state index is 6.25. The molecule has 0 bridgehead atoms. The minimum atomic E-state index is 0. The van der Waals surface area contributed by atoms with Crippen LogP contribution in [0.5, 0.6) is 0 Å². The molecule has 0 aromatic carbocycles. The Morgan fingerprint density at radius 2 is 0.467 bits per heavy atom. The summed E-state index contributed by atoms with van der Waals surface area (Å²) >= 11 is 6.50. The van der Waals surface area contributed by atoms with E-state index in [1.165, 1.54) is 0 Å². The van der Waals surface area contributed by atoms with Crippen LogP contribution < -0.4 is 58.2 Å². The Morgan fingerprint density at radius 3 is 0.467 bits per heavy atom. The van der Waals surface area contributed by atoms with E-state index in [9.17, 15) is 0 Å². The summed E-state index contributed by atoms with van der Waals surface area (Å²) in [5.41, 5.74) is 0. The molecule has 78 valence electrons. The molecule has 0 rings (SSSR count). The topological polar surface area (TPSA) is 143 Å². The van der Waals surface area contributed by atoms with Crippen LogP contribution in [-0.2, 0) is 26.9 Å². The minimum absolute atomic E-state index is 0. The molecule has 0 amide bonds. The first kappa shape index (κ1) is 61.2. The second-order valence-electron chi connectivity index (χ2n) is 0. The fourth-order valence-corrected chi connectivity index (χ4v) is 0. The molecule has 0 aromatic rings. The van der Waals surface area contributed by atoms with Crippen molar-refractivity contribution in [3.63, 3.8) is 0 Å². The van der Waals surface area contributed by atoms with Gasteiger partial charge in [0.15, 0.2) is 0 Å². The monoisotopic (exact) mass is 355 g/mol. The molecule has 0 heterocycles. The van der Waals surface area contributed by atoms with Gasteiger partial charge < -0.3 is 71.0 Å². The van der Waals surface area contributed by atoms with Gasteiger partial charge in [-0.25, -0.2) is 0 Å². The summed E-state index contributed by atoms with van der Waals surface area (Å²) in [5.74, 6) is 0. The quantitative estimate of drug-likeness (QED) is 0.349. The first-order chi connectivity index (χ1) is 7.00. The molecule has 6 nitrogen and oxygen atoms in total. The summed E-state index contributed by atoms with van der Waals surface area (Å²) in [7, 11) is 0. The molecular formula is C6FeN6NiRb-5. The third kappa shape index (κ3) is 32500. The first-order valence-electron chi connectivity index (χ1n) is 1.45. The van der Waals surface area contributed by atoms with Crippen LogP contribution in [0.25, 0.3) is 0 Å². The van der Waals surface area contributed by atoms with Crippen molar-refractivity contribution in [1.82, 2.24) is 0 Å². The van der Waals surface area contributed by atoms with Crippen LogP contribution in [0.3, 0.4) is 0 Å². The van der Waals surface area contributed by atoms with Gasteiger partial charge in [-0.15, -0.1) is 0 Å². The Kier molecular flexibility index (Phi) is 156000. The third-order valence-electron chi connectivity index (χ3n) is 0. The fraction of sp³-hybridized carbons (Fsp3) is 0. The Bertz CT molecular complexity index is 114.